The summed E-state index contributed by atoms with van der Waals surface area (Å²) in [5.41, 5.74) is 2.77. The van der Waals surface area contributed by atoms with Crippen LogP contribution in [0.15, 0.2) is 36.4 Å². The Hall–Kier alpha value is -2.03. The van der Waals surface area contributed by atoms with Gasteiger partial charge in [0.25, 0.3) is 0 Å². The van der Waals surface area contributed by atoms with Gasteiger partial charge in [0.2, 0.25) is 0 Å². The number of benzene rings is 1. The van der Waals surface area contributed by atoms with Crippen molar-refractivity contribution >= 4 is 6.29 Å². The summed E-state index contributed by atoms with van der Waals surface area (Å²) in [5.74, 6) is 0.862. The van der Waals surface area contributed by atoms with E-state index in [9.17, 15) is 4.79 Å². The average molecular weight is 229 g/mol. The van der Waals surface area contributed by atoms with Gasteiger partial charge in [-0.25, -0.2) is 0 Å². The van der Waals surface area contributed by atoms with Gasteiger partial charge in [-0.2, -0.15) is 0 Å². The van der Waals surface area contributed by atoms with Crippen LogP contribution in [0.4, 0.5) is 0 Å². The third kappa shape index (κ3) is 2.23. The van der Waals surface area contributed by atoms with Gasteiger partial charge >= 0.3 is 0 Å². The van der Waals surface area contributed by atoms with Gasteiger partial charge in [-0.3, -0.25) is 4.79 Å². The second-order valence-electron chi connectivity index (χ2n) is 3.78. The van der Waals surface area contributed by atoms with Crippen molar-refractivity contribution < 1.29 is 9.53 Å². The van der Waals surface area contributed by atoms with Crippen molar-refractivity contribution in [2.24, 2.45) is 7.05 Å². The van der Waals surface area contributed by atoms with Crippen molar-refractivity contribution in [3.63, 3.8) is 0 Å². The Kier molecular flexibility index (Phi) is 3.28. The van der Waals surface area contributed by atoms with E-state index >= 15 is 0 Å². The molecule has 1 aromatic heterocycles. The van der Waals surface area contributed by atoms with Gasteiger partial charge in [0.05, 0.1) is 12.3 Å². The van der Waals surface area contributed by atoms with Crippen LogP contribution < -0.4 is 4.74 Å². The average Bonchev–Trinajstić information content (AvgIpc) is 2.72. The molecule has 3 nitrogen and oxygen atoms in total. The van der Waals surface area contributed by atoms with Gasteiger partial charge in [0.15, 0.2) is 6.29 Å². The Bertz CT molecular complexity index is 512. The summed E-state index contributed by atoms with van der Waals surface area (Å²) >= 11 is 0. The predicted molar refractivity (Wildman–Crippen MR) is 67.4 cm³/mol. The number of carbonyl (C=O) groups is 1. The molecule has 0 fully saturated rings. The van der Waals surface area contributed by atoms with E-state index in [4.69, 9.17) is 4.74 Å². The molecule has 2 rings (SSSR count). The lowest BCUT2D eigenvalue weighted by molar-refractivity contribution is 0.111. The predicted octanol–water partition coefficient (Wildman–Crippen LogP) is 2.90. The zero-order valence-electron chi connectivity index (χ0n) is 10.0. The zero-order valence-corrected chi connectivity index (χ0v) is 10.0. The molecule has 2 aromatic rings. The van der Waals surface area contributed by atoms with E-state index < -0.39 is 0 Å². The van der Waals surface area contributed by atoms with Gasteiger partial charge in [-0.05, 0) is 48.9 Å². The van der Waals surface area contributed by atoms with Crippen molar-refractivity contribution in [3.8, 4) is 17.0 Å². The normalized spacial score (nSPS) is 10.2. The highest BCUT2D eigenvalue weighted by Gasteiger charge is 2.05. The Balaban J connectivity index is 2.33. The minimum Gasteiger partial charge on any atom is -0.494 e. The monoisotopic (exact) mass is 229 g/mol. The fourth-order valence-electron chi connectivity index (χ4n) is 1.82. The summed E-state index contributed by atoms with van der Waals surface area (Å²) in [6.45, 7) is 2.63. The maximum absolute atomic E-state index is 10.8. The van der Waals surface area contributed by atoms with E-state index in [0.717, 1.165) is 23.3 Å². The molecule has 0 saturated carbocycles. The molecule has 0 spiro atoms. The standard InChI is InChI=1S/C14H15NO2/c1-3-17-13-7-4-11(5-8-13)14-9-6-12(10-16)15(14)2/h4-10H,3H2,1-2H3. The number of aromatic nitrogens is 1. The lowest BCUT2D eigenvalue weighted by atomic mass is 10.1. The van der Waals surface area contributed by atoms with Crippen molar-refractivity contribution in [1.29, 1.82) is 0 Å². The quantitative estimate of drug-likeness (QED) is 0.755. The third-order valence-electron chi connectivity index (χ3n) is 2.74. The highest BCUT2D eigenvalue weighted by Crippen LogP contribution is 2.23. The Morgan fingerprint density at radius 2 is 1.88 bits per heavy atom. The van der Waals surface area contributed by atoms with Crippen LogP contribution in [0, 0.1) is 0 Å². The molecule has 0 aliphatic heterocycles. The number of hydrogen-bond donors (Lipinski definition) is 0. The first-order chi connectivity index (χ1) is 8.26. The maximum atomic E-state index is 10.8. The molecule has 0 bridgehead atoms. The molecular formula is C14H15NO2. The molecule has 0 N–H and O–H groups in total. The number of carbonyl (C=O) groups excluding carboxylic acids is 1. The van der Waals surface area contributed by atoms with E-state index in [-0.39, 0.29) is 0 Å². The van der Waals surface area contributed by atoms with E-state index in [0.29, 0.717) is 12.3 Å². The highest BCUT2D eigenvalue weighted by molar-refractivity contribution is 5.76. The summed E-state index contributed by atoms with van der Waals surface area (Å²) in [6, 6.07) is 11.6. The van der Waals surface area contributed by atoms with Crippen LogP contribution in [0.25, 0.3) is 11.3 Å². The fourth-order valence-corrected chi connectivity index (χ4v) is 1.82. The lowest BCUT2D eigenvalue weighted by Crippen LogP contribution is -1.96. The topological polar surface area (TPSA) is 31.2 Å². The van der Waals surface area contributed by atoms with E-state index in [1.54, 1.807) is 0 Å². The Labute approximate surface area is 101 Å². The number of ether oxygens (including phenoxy) is 1. The molecule has 0 saturated heterocycles. The molecule has 3 heteroatoms. The Morgan fingerprint density at radius 3 is 2.41 bits per heavy atom. The van der Waals surface area contributed by atoms with Crippen molar-refractivity contribution in [3.05, 3.63) is 42.1 Å². The third-order valence-corrected chi connectivity index (χ3v) is 2.74. The maximum Gasteiger partial charge on any atom is 0.166 e. The number of rotatable bonds is 4. The Morgan fingerprint density at radius 1 is 1.18 bits per heavy atom. The molecule has 17 heavy (non-hydrogen) atoms. The van der Waals surface area contributed by atoms with Gasteiger partial charge in [-0.1, -0.05) is 0 Å². The van der Waals surface area contributed by atoms with Crippen LogP contribution in [0.5, 0.6) is 5.75 Å². The summed E-state index contributed by atoms with van der Waals surface area (Å²) in [4.78, 5) is 10.8. The van der Waals surface area contributed by atoms with E-state index in [2.05, 4.69) is 0 Å². The fraction of sp³-hybridized carbons (Fsp3) is 0.214. The second kappa shape index (κ2) is 4.87. The van der Waals surface area contributed by atoms with Crippen molar-refractivity contribution in [1.82, 2.24) is 4.57 Å². The van der Waals surface area contributed by atoms with Crippen LogP contribution in [0.1, 0.15) is 17.4 Å². The number of nitrogens with zero attached hydrogens (tertiary/aromatic N) is 1. The lowest BCUT2D eigenvalue weighted by Gasteiger charge is -2.07. The summed E-state index contributed by atoms with van der Waals surface area (Å²) < 4.78 is 7.27. The van der Waals surface area contributed by atoms with E-state index in [1.807, 2.05) is 54.9 Å². The molecule has 0 aliphatic carbocycles. The van der Waals surface area contributed by atoms with Crippen LogP contribution in [-0.2, 0) is 7.05 Å². The summed E-state index contributed by atoms with van der Waals surface area (Å²) in [5, 5.41) is 0. The first kappa shape index (κ1) is 11.5. The van der Waals surface area contributed by atoms with Crippen LogP contribution in [0.3, 0.4) is 0 Å². The molecule has 0 amide bonds. The molecule has 1 aromatic carbocycles. The molecule has 1 heterocycles. The number of hydrogen-bond acceptors (Lipinski definition) is 2. The molecule has 0 atom stereocenters. The first-order valence-corrected chi connectivity index (χ1v) is 5.60. The smallest absolute Gasteiger partial charge is 0.166 e. The minimum atomic E-state index is 0.665. The second-order valence-corrected chi connectivity index (χ2v) is 3.78. The molecule has 0 radical (unpaired) electrons. The van der Waals surface area contributed by atoms with Crippen LogP contribution >= 0.6 is 0 Å². The van der Waals surface area contributed by atoms with Gasteiger partial charge in [-0.15, -0.1) is 0 Å². The molecular weight excluding hydrogens is 214 g/mol. The summed E-state index contributed by atoms with van der Waals surface area (Å²) in [7, 11) is 1.88. The number of aldehydes is 1. The van der Waals surface area contributed by atoms with Crippen molar-refractivity contribution in [2.75, 3.05) is 6.61 Å². The van der Waals surface area contributed by atoms with Crippen LogP contribution in [-0.4, -0.2) is 17.5 Å². The van der Waals surface area contributed by atoms with E-state index in [1.165, 1.54) is 0 Å². The van der Waals surface area contributed by atoms with Gasteiger partial charge < -0.3 is 9.30 Å². The summed E-state index contributed by atoms with van der Waals surface area (Å²) in [6.07, 6.45) is 0.859. The van der Waals surface area contributed by atoms with Crippen LogP contribution in [0.2, 0.25) is 0 Å². The van der Waals surface area contributed by atoms with Gasteiger partial charge in [0, 0.05) is 12.7 Å². The SMILES string of the molecule is CCOc1ccc(-c2ccc(C=O)n2C)cc1. The van der Waals surface area contributed by atoms with Gasteiger partial charge in [0.1, 0.15) is 5.75 Å². The first-order valence-electron chi connectivity index (χ1n) is 5.60. The minimum absolute atomic E-state index is 0.665. The largest absolute Gasteiger partial charge is 0.494 e. The van der Waals surface area contributed by atoms with Crippen molar-refractivity contribution in [2.45, 2.75) is 6.92 Å². The zero-order chi connectivity index (χ0) is 12.3. The molecule has 0 aliphatic rings. The highest BCUT2D eigenvalue weighted by atomic mass is 16.5. The molecule has 0 unspecified atom stereocenters. The molecule has 88 valence electrons.